The van der Waals surface area contributed by atoms with Gasteiger partial charge in [-0.1, -0.05) is 47.0 Å². The molecule has 67 valence electrons. The Balaban J connectivity index is 3.69. The summed E-state index contributed by atoms with van der Waals surface area (Å²) < 4.78 is 0. The predicted molar refractivity (Wildman–Crippen MR) is 52.4 cm³/mol. The van der Waals surface area contributed by atoms with E-state index in [1.165, 1.54) is 25.7 Å². The SMILES string of the molecule is [CH2]C(CC)(CC)CCC(C)C. The zero-order valence-electron chi connectivity index (χ0n) is 8.61. The summed E-state index contributed by atoms with van der Waals surface area (Å²) in [6.45, 7) is 13.3. The van der Waals surface area contributed by atoms with E-state index in [-0.39, 0.29) is 0 Å². The van der Waals surface area contributed by atoms with Gasteiger partial charge in [-0.2, -0.15) is 0 Å². The fourth-order valence-corrected chi connectivity index (χ4v) is 1.20. The molecule has 0 aliphatic heterocycles. The summed E-state index contributed by atoms with van der Waals surface area (Å²) >= 11 is 0. The monoisotopic (exact) mass is 155 g/mol. The third kappa shape index (κ3) is 4.44. The second-order valence-corrected chi connectivity index (χ2v) is 4.14. The molecule has 0 heterocycles. The van der Waals surface area contributed by atoms with Crippen LogP contribution >= 0.6 is 0 Å². The van der Waals surface area contributed by atoms with Gasteiger partial charge in [0.05, 0.1) is 0 Å². The molecule has 0 N–H and O–H groups in total. The molecule has 0 unspecified atom stereocenters. The molecule has 0 saturated carbocycles. The highest BCUT2D eigenvalue weighted by atomic mass is 14.2. The molecule has 0 atom stereocenters. The van der Waals surface area contributed by atoms with E-state index < -0.39 is 0 Å². The predicted octanol–water partition coefficient (Wildman–Crippen LogP) is 4.06. The molecule has 0 aromatic carbocycles. The van der Waals surface area contributed by atoms with E-state index in [0.29, 0.717) is 5.41 Å². The van der Waals surface area contributed by atoms with Gasteiger partial charge in [0.25, 0.3) is 0 Å². The lowest BCUT2D eigenvalue weighted by Crippen LogP contribution is -2.14. The molecule has 0 fully saturated rings. The van der Waals surface area contributed by atoms with Crippen LogP contribution in [-0.4, -0.2) is 0 Å². The Morgan fingerprint density at radius 2 is 1.64 bits per heavy atom. The average molecular weight is 155 g/mol. The molecule has 0 rings (SSSR count). The molecule has 0 aromatic rings. The molecule has 0 aromatic heterocycles. The van der Waals surface area contributed by atoms with Crippen LogP contribution in [-0.2, 0) is 0 Å². The maximum absolute atomic E-state index is 4.28. The minimum absolute atomic E-state index is 0.365. The molecule has 0 saturated heterocycles. The fourth-order valence-electron chi connectivity index (χ4n) is 1.20. The Bertz CT molecular complexity index is 88.2. The van der Waals surface area contributed by atoms with Crippen LogP contribution in [0.5, 0.6) is 0 Å². The lowest BCUT2D eigenvalue weighted by molar-refractivity contribution is 0.292. The van der Waals surface area contributed by atoms with Crippen LogP contribution in [0, 0.1) is 18.3 Å². The Kier molecular flexibility index (Phi) is 4.79. The van der Waals surface area contributed by atoms with E-state index in [1.54, 1.807) is 0 Å². The first kappa shape index (κ1) is 11.0. The Labute approximate surface area is 72.4 Å². The summed E-state index contributed by atoms with van der Waals surface area (Å²) in [5.41, 5.74) is 0.365. The van der Waals surface area contributed by atoms with Gasteiger partial charge in [-0.05, 0) is 24.7 Å². The zero-order chi connectivity index (χ0) is 8.91. The molecule has 0 heteroatoms. The van der Waals surface area contributed by atoms with Crippen molar-refractivity contribution in [2.75, 3.05) is 0 Å². The van der Waals surface area contributed by atoms with Crippen molar-refractivity contribution in [2.45, 2.75) is 53.4 Å². The topological polar surface area (TPSA) is 0 Å². The molecule has 11 heavy (non-hydrogen) atoms. The van der Waals surface area contributed by atoms with Gasteiger partial charge in [0.2, 0.25) is 0 Å². The minimum atomic E-state index is 0.365. The summed E-state index contributed by atoms with van der Waals surface area (Å²) in [6.07, 6.45) is 5.05. The maximum atomic E-state index is 4.28. The first-order chi connectivity index (χ1) is 5.04. The largest absolute Gasteiger partial charge is 0.0649 e. The van der Waals surface area contributed by atoms with E-state index in [2.05, 4.69) is 34.6 Å². The van der Waals surface area contributed by atoms with Crippen molar-refractivity contribution < 1.29 is 0 Å². The van der Waals surface area contributed by atoms with Crippen molar-refractivity contribution in [3.05, 3.63) is 6.92 Å². The van der Waals surface area contributed by atoms with Crippen LogP contribution in [0.15, 0.2) is 0 Å². The third-order valence-corrected chi connectivity index (χ3v) is 2.75. The van der Waals surface area contributed by atoms with E-state index in [0.717, 1.165) is 5.92 Å². The Hall–Kier alpha value is 0. The molecule has 0 spiro atoms. The van der Waals surface area contributed by atoms with E-state index in [4.69, 9.17) is 0 Å². The van der Waals surface area contributed by atoms with Crippen LogP contribution in [0.3, 0.4) is 0 Å². The number of hydrogen-bond acceptors (Lipinski definition) is 0. The van der Waals surface area contributed by atoms with Crippen LogP contribution in [0.1, 0.15) is 53.4 Å². The van der Waals surface area contributed by atoms with Crippen molar-refractivity contribution in [2.24, 2.45) is 11.3 Å². The molecule has 0 bridgehead atoms. The first-order valence-electron chi connectivity index (χ1n) is 4.89. The highest BCUT2D eigenvalue weighted by Gasteiger charge is 2.19. The van der Waals surface area contributed by atoms with Gasteiger partial charge in [-0.3, -0.25) is 0 Å². The average Bonchev–Trinajstić information content (AvgIpc) is 2.00. The summed E-state index contributed by atoms with van der Waals surface area (Å²) in [7, 11) is 0. The second kappa shape index (κ2) is 4.79. The summed E-state index contributed by atoms with van der Waals surface area (Å²) in [5.74, 6) is 0.828. The lowest BCUT2D eigenvalue weighted by Gasteiger charge is -2.27. The van der Waals surface area contributed by atoms with E-state index in [9.17, 15) is 0 Å². The van der Waals surface area contributed by atoms with E-state index >= 15 is 0 Å². The highest BCUT2D eigenvalue weighted by molar-refractivity contribution is 4.78. The van der Waals surface area contributed by atoms with Crippen LogP contribution in [0.4, 0.5) is 0 Å². The molecule has 0 nitrogen and oxygen atoms in total. The molecular formula is C11H23. The zero-order valence-corrected chi connectivity index (χ0v) is 8.61. The van der Waals surface area contributed by atoms with Gasteiger partial charge in [0, 0.05) is 0 Å². The highest BCUT2D eigenvalue weighted by Crippen LogP contribution is 2.31. The van der Waals surface area contributed by atoms with Gasteiger partial charge in [-0.15, -0.1) is 0 Å². The second-order valence-electron chi connectivity index (χ2n) is 4.14. The first-order valence-corrected chi connectivity index (χ1v) is 4.89. The number of rotatable bonds is 5. The Morgan fingerprint density at radius 1 is 1.18 bits per heavy atom. The summed E-state index contributed by atoms with van der Waals surface area (Å²) in [5, 5.41) is 0. The van der Waals surface area contributed by atoms with Crippen LogP contribution < -0.4 is 0 Å². The van der Waals surface area contributed by atoms with Gasteiger partial charge < -0.3 is 0 Å². The van der Waals surface area contributed by atoms with Crippen LogP contribution in [0.2, 0.25) is 0 Å². The van der Waals surface area contributed by atoms with Gasteiger partial charge in [0.15, 0.2) is 0 Å². The van der Waals surface area contributed by atoms with Gasteiger partial charge in [-0.25, -0.2) is 0 Å². The standard InChI is InChI=1S/C11H23/c1-6-11(5,7-2)9-8-10(3)4/h10H,5-9H2,1-4H3. The molecule has 1 radical (unpaired) electrons. The van der Waals surface area contributed by atoms with E-state index in [1.807, 2.05) is 0 Å². The number of hydrogen-bond donors (Lipinski definition) is 0. The molecular weight excluding hydrogens is 132 g/mol. The normalized spacial score (nSPS) is 12.5. The fraction of sp³-hybridized carbons (Fsp3) is 0.909. The lowest BCUT2D eigenvalue weighted by atomic mass is 9.79. The summed E-state index contributed by atoms with van der Waals surface area (Å²) in [6, 6.07) is 0. The van der Waals surface area contributed by atoms with Crippen molar-refractivity contribution in [1.82, 2.24) is 0 Å². The van der Waals surface area contributed by atoms with Crippen molar-refractivity contribution >= 4 is 0 Å². The van der Waals surface area contributed by atoms with Crippen LogP contribution in [0.25, 0.3) is 0 Å². The Morgan fingerprint density at radius 3 is 1.91 bits per heavy atom. The van der Waals surface area contributed by atoms with Gasteiger partial charge >= 0.3 is 0 Å². The smallest absolute Gasteiger partial charge is 0.0302 e. The van der Waals surface area contributed by atoms with Crippen molar-refractivity contribution in [1.29, 1.82) is 0 Å². The van der Waals surface area contributed by atoms with Crippen molar-refractivity contribution in [3.8, 4) is 0 Å². The minimum Gasteiger partial charge on any atom is -0.0649 e. The quantitative estimate of drug-likeness (QED) is 0.561. The maximum Gasteiger partial charge on any atom is -0.0302 e. The molecule has 0 aliphatic rings. The van der Waals surface area contributed by atoms with Crippen molar-refractivity contribution in [3.63, 3.8) is 0 Å². The van der Waals surface area contributed by atoms with Gasteiger partial charge in [0.1, 0.15) is 0 Å². The summed E-state index contributed by atoms with van der Waals surface area (Å²) in [4.78, 5) is 0. The molecule has 0 amide bonds. The third-order valence-electron chi connectivity index (χ3n) is 2.75. The molecule has 0 aliphatic carbocycles.